The summed E-state index contributed by atoms with van der Waals surface area (Å²) < 4.78 is 18.1. The number of hydrogen-bond acceptors (Lipinski definition) is 4. The third-order valence-corrected chi connectivity index (χ3v) is 4.59. The first-order chi connectivity index (χ1) is 13.0. The molecule has 1 aliphatic heterocycles. The largest absolute Gasteiger partial charge is 0.449 e. The highest BCUT2D eigenvalue weighted by molar-refractivity contribution is 5.97. The molecule has 0 bridgehead atoms. The predicted molar refractivity (Wildman–Crippen MR) is 102 cm³/mol. The van der Waals surface area contributed by atoms with Gasteiger partial charge in [0, 0.05) is 24.5 Å². The number of piperidine rings is 1. The van der Waals surface area contributed by atoms with Crippen molar-refractivity contribution < 1.29 is 18.7 Å². The zero-order valence-electron chi connectivity index (χ0n) is 15.3. The van der Waals surface area contributed by atoms with E-state index in [1.807, 2.05) is 24.3 Å². The van der Waals surface area contributed by atoms with Gasteiger partial charge >= 0.3 is 5.97 Å². The maximum Gasteiger partial charge on any atom is 0.338 e. The molecule has 1 N–H and O–H groups in total. The summed E-state index contributed by atoms with van der Waals surface area (Å²) >= 11 is 0. The highest BCUT2D eigenvalue weighted by Gasteiger charge is 2.19. The maximum absolute atomic E-state index is 12.9. The van der Waals surface area contributed by atoms with Crippen molar-refractivity contribution in [2.75, 3.05) is 23.3 Å². The van der Waals surface area contributed by atoms with Crippen LogP contribution in [0.2, 0.25) is 0 Å². The molecule has 1 atom stereocenters. The van der Waals surface area contributed by atoms with Crippen molar-refractivity contribution in [3.63, 3.8) is 0 Å². The van der Waals surface area contributed by atoms with Crippen LogP contribution in [0.15, 0.2) is 48.5 Å². The summed E-state index contributed by atoms with van der Waals surface area (Å²) in [6.45, 7) is 3.61. The van der Waals surface area contributed by atoms with Gasteiger partial charge in [-0.2, -0.15) is 0 Å². The minimum atomic E-state index is -0.968. The maximum atomic E-state index is 12.9. The first-order valence-corrected chi connectivity index (χ1v) is 9.15. The molecule has 3 rings (SSSR count). The second-order valence-corrected chi connectivity index (χ2v) is 6.64. The Balaban J connectivity index is 1.54. The van der Waals surface area contributed by atoms with Crippen LogP contribution in [0.3, 0.4) is 0 Å². The van der Waals surface area contributed by atoms with E-state index in [1.165, 1.54) is 50.5 Å². The van der Waals surface area contributed by atoms with E-state index < -0.39 is 23.8 Å². The predicted octanol–water partition coefficient (Wildman–Crippen LogP) is 4.00. The topological polar surface area (TPSA) is 58.6 Å². The number of halogens is 1. The van der Waals surface area contributed by atoms with E-state index in [-0.39, 0.29) is 5.56 Å². The lowest BCUT2D eigenvalue weighted by Crippen LogP contribution is -2.30. The number of carbonyl (C=O) groups is 2. The standard InChI is InChI=1S/C21H23FN2O3/c1-15(27-21(26)16-5-7-17(22)8-6-16)20(25)23-18-9-11-19(12-10-18)24-13-3-2-4-14-24/h5-12,15H,2-4,13-14H2,1H3,(H,23,25)/t15-/m1/s1. The van der Waals surface area contributed by atoms with Crippen molar-refractivity contribution in [1.82, 2.24) is 0 Å². The fourth-order valence-corrected chi connectivity index (χ4v) is 3.02. The number of benzene rings is 2. The van der Waals surface area contributed by atoms with Crippen molar-refractivity contribution in [3.05, 3.63) is 59.9 Å². The Hall–Kier alpha value is -2.89. The number of anilines is 2. The van der Waals surface area contributed by atoms with Crippen LogP contribution in [0, 0.1) is 5.82 Å². The van der Waals surface area contributed by atoms with Gasteiger partial charge in [-0.3, -0.25) is 4.79 Å². The van der Waals surface area contributed by atoms with Gasteiger partial charge in [-0.15, -0.1) is 0 Å². The summed E-state index contributed by atoms with van der Waals surface area (Å²) in [7, 11) is 0. The van der Waals surface area contributed by atoms with Gasteiger partial charge in [0.1, 0.15) is 5.82 Å². The molecule has 6 heteroatoms. The SMILES string of the molecule is C[C@@H](OC(=O)c1ccc(F)cc1)C(=O)Nc1ccc(N2CCCCC2)cc1. The number of amides is 1. The first-order valence-electron chi connectivity index (χ1n) is 9.15. The van der Waals surface area contributed by atoms with Crippen molar-refractivity contribution in [3.8, 4) is 0 Å². The molecule has 0 spiro atoms. The molecule has 1 amide bonds. The minimum absolute atomic E-state index is 0.196. The Morgan fingerprint density at radius 2 is 1.63 bits per heavy atom. The van der Waals surface area contributed by atoms with Crippen LogP contribution in [0.1, 0.15) is 36.5 Å². The Morgan fingerprint density at radius 3 is 2.26 bits per heavy atom. The highest BCUT2D eigenvalue weighted by Crippen LogP contribution is 2.22. The summed E-state index contributed by atoms with van der Waals surface area (Å²) in [5.41, 5.74) is 1.98. The summed E-state index contributed by atoms with van der Waals surface area (Å²) in [5.74, 6) is -1.53. The Labute approximate surface area is 158 Å². The van der Waals surface area contributed by atoms with E-state index in [4.69, 9.17) is 4.74 Å². The number of hydrogen-bond donors (Lipinski definition) is 1. The van der Waals surface area contributed by atoms with Crippen LogP contribution in [0.25, 0.3) is 0 Å². The molecule has 1 saturated heterocycles. The summed E-state index contributed by atoms with van der Waals surface area (Å²) in [5, 5.41) is 2.74. The van der Waals surface area contributed by atoms with E-state index in [9.17, 15) is 14.0 Å². The van der Waals surface area contributed by atoms with E-state index in [0.29, 0.717) is 5.69 Å². The molecule has 2 aromatic rings. The van der Waals surface area contributed by atoms with Crippen LogP contribution < -0.4 is 10.2 Å². The van der Waals surface area contributed by atoms with Crippen LogP contribution in [0.4, 0.5) is 15.8 Å². The smallest absolute Gasteiger partial charge is 0.338 e. The van der Waals surface area contributed by atoms with E-state index in [2.05, 4.69) is 10.2 Å². The zero-order valence-corrected chi connectivity index (χ0v) is 15.3. The normalized spacial score (nSPS) is 15.1. The third kappa shape index (κ3) is 5.06. The lowest BCUT2D eigenvalue weighted by molar-refractivity contribution is -0.123. The molecule has 27 heavy (non-hydrogen) atoms. The zero-order chi connectivity index (χ0) is 19.2. The molecular weight excluding hydrogens is 347 g/mol. The first kappa shape index (κ1) is 18.9. The van der Waals surface area contributed by atoms with Gasteiger partial charge in [0.15, 0.2) is 6.10 Å². The fourth-order valence-electron chi connectivity index (χ4n) is 3.02. The van der Waals surface area contributed by atoms with E-state index >= 15 is 0 Å². The molecule has 0 unspecified atom stereocenters. The summed E-state index contributed by atoms with van der Waals surface area (Å²) in [6, 6.07) is 12.6. The molecule has 0 radical (unpaired) electrons. The van der Waals surface area contributed by atoms with Gasteiger partial charge in [0.2, 0.25) is 0 Å². The number of nitrogens with zero attached hydrogens (tertiary/aromatic N) is 1. The summed E-state index contributed by atoms with van der Waals surface area (Å²) in [6.07, 6.45) is 2.72. The quantitative estimate of drug-likeness (QED) is 0.808. The molecule has 2 aromatic carbocycles. The average molecular weight is 370 g/mol. The lowest BCUT2D eigenvalue weighted by Gasteiger charge is -2.28. The Morgan fingerprint density at radius 1 is 1.00 bits per heavy atom. The summed E-state index contributed by atoms with van der Waals surface area (Å²) in [4.78, 5) is 26.6. The van der Waals surface area contributed by atoms with Gasteiger partial charge in [-0.1, -0.05) is 0 Å². The third-order valence-electron chi connectivity index (χ3n) is 4.59. The van der Waals surface area contributed by atoms with Gasteiger partial charge < -0.3 is 15.0 Å². The monoisotopic (exact) mass is 370 g/mol. The van der Waals surface area contributed by atoms with Crippen LogP contribution in [0.5, 0.6) is 0 Å². The van der Waals surface area contributed by atoms with E-state index in [0.717, 1.165) is 18.8 Å². The van der Waals surface area contributed by atoms with Gasteiger partial charge in [-0.05, 0) is 74.7 Å². The molecule has 1 fully saturated rings. The Bertz CT molecular complexity index is 784. The lowest BCUT2D eigenvalue weighted by atomic mass is 10.1. The fraction of sp³-hybridized carbons (Fsp3) is 0.333. The number of rotatable bonds is 5. The molecule has 0 saturated carbocycles. The number of esters is 1. The highest BCUT2D eigenvalue weighted by atomic mass is 19.1. The Kier molecular flexibility index (Phi) is 6.06. The second kappa shape index (κ2) is 8.66. The van der Waals surface area contributed by atoms with E-state index in [1.54, 1.807) is 0 Å². The van der Waals surface area contributed by atoms with Crippen LogP contribution in [-0.4, -0.2) is 31.1 Å². The minimum Gasteiger partial charge on any atom is -0.449 e. The number of nitrogens with one attached hydrogen (secondary N) is 1. The molecule has 5 nitrogen and oxygen atoms in total. The second-order valence-electron chi connectivity index (χ2n) is 6.64. The van der Waals surface area contributed by atoms with Crippen LogP contribution in [-0.2, 0) is 9.53 Å². The molecule has 0 aliphatic carbocycles. The molecular formula is C21H23FN2O3. The number of carbonyl (C=O) groups excluding carboxylic acids is 2. The van der Waals surface area contributed by atoms with Gasteiger partial charge in [0.25, 0.3) is 5.91 Å². The molecule has 1 heterocycles. The molecule has 142 valence electrons. The van der Waals surface area contributed by atoms with Crippen molar-refractivity contribution in [2.24, 2.45) is 0 Å². The van der Waals surface area contributed by atoms with Crippen molar-refractivity contribution in [1.29, 1.82) is 0 Å². The number of ether oxygens (including phenoxy) is 1. The van der Waals surface area contributed by atoms with Crippen LogP contribution >= 0.6 is 0 Å². The van der Waals surface area contributed by atoms with Crippen molar-refractivity contribution >= 4 is 23.3 Å². The van der Waals surface area contributed by atoms with Crippen molar-refractivity contribution in [2.45, 2.75) is 32.3 Å². The van der Waals surface area contributed by atoms with Gasteiger partial charge in [0.05, 0.1) is 5.56 Å². The molecule has 1 aliphatic rings. The average Bonchev–Trinajstić information content (AvgIpc) is 2.69. The molecule has 0 aromatic heterocycles. The van der Waals surface area contributed by atoms with Gasteiger partial charge in [-0.25, -0.2) is 9.18 Å².